The molecule has 0 aliphatic heterocycles. The summed E-state index contributed by atoms with van der Waals surface area (Å²) in [4.78, 5) is 2.98. The van der Waals surface area contributed by atoms with E-state index in [-0.39, 0.29) is 0 Å². The van der Waals surface area contributed by atoms with Gasteiger partial charge in [-0.15, -0.1) is 0 Å². The van der Waals surface area contributed by atoms with E-state index in [1.54, 1.807) is 0 Å². The second-order valence-corrected chi connectivity index (χ2v) is 2.12. The Bertz CT molecular complexity index is 123. The molecule has 0 fully saturated rings. The van der Waals surface area contributed by atoms with Crippen molar-refractivity contribution < 1.29 is 0 Å². The highest BCUT2D eigenvalue weighted by Gasteiger charge is 1.82. The van der Waals surface area contributed by atoms with Crippen molar-refractivity contribution in [1.29, 1.82) is 0 Å². The number of H-pyrrole nitrogens is 1. The van der Waals surface area contributed by atoms with Crippen molar-refractivity contribution >= 4 is 22.6 Å². The predicted molar refractivity (Wildman–Crippen MR) is 38.5 cm³/mol. The minimum absolute atomic E-state index is 1.10. The van der Waals surface area contributed by atoms with Crippen LogP contribution in [0.15, 0.2) is 18.5 Å². The van der Waals surface area contributed by atoms with Crippen LogP contribution in [-0.2, 0) is 4.43 Å². The highest BCUT2D eigenvalue weighted by atomic mass is 127. The van der Waals surface area contributed by atoms with Gasteiger partial charge in [-0.25, -0.2) is 0 Å². The first-order valence-corrected chi connectivity index (χ1v) is 3.63. The molecule has 0 unspecified atom stereocenters. The van der Waals surface area contributed by atoms with Crippen LogP contribution in [0.4, 0.5) is 0 Å². The summed E-state index contributed by atoms with van der Waals surface area (Å²) in [7, 11) is 0. The maximum Gasteiger partial charge on any atom is 0.0262 e. The molecule has 0 amide bonds. The van der Waals surface area contributed by atoms with Gasteiger partial charge in [0, 0.05) is 16.8 Å². The molecule has 1 nitrogen and oxygen atoms in total. The number of halogens is 1. The largest absolute Gasteiger partial charge is 0.367 e. The second kappa shape index (κ2) is 2.35. The van der Waals surface area contributed by atoms with E-state index in [9.17, 15) is 0 Å². The molecule has 0 radical (unpaired) electrons. The smallest absolute Gasteiger partial charge is 0.0262 e. The minimum Gasteiger partial charge on any atom is -0.367 e. The van der Waals surface area contributed by atoms with E-state index in [0.29, 0.717) is 0 Å². The number of alkyl halides is 1. The van der Waals surface area contributed by atoms with E-state index in [4.69, 9.17) is 0 Å². The van der Waals surface area contributed by atoms with E-state index in [0.717, 1.165) is 4.43 Å². The van der Waals surface area contributed by atoms with Crippen LogP contribution < -0.4 is 0 Å². The fourth-order valence-corrected chi connectivity index (χ4v) is 0.916. The van der Waals surface area contributed by atoms with Gasteiger partial charge in [0.25, 0.3) is 0 Å². The fourth-order valence-electron chi connectivity index (χ4n) is 0.442. The summed E-state index contributed by atoms with van der Waals surface area (Å²) in [5, 5.41) is 0. The topological polar surface area (TPSA) is 15.8 Å². The molecule has 0 saturated heterocycles. The summed E-state index contributed by atoms with van der Waals surface area (Å²) in [5.41, 5.74) is 1.36. The predicted octanol–water partition coefficient (Wildman–Crippen LogP) is 1.95. The monoisotopic (exact) mass is 207 g/mol. The lowest BCUT2D eigenvalue weighted by molar-refractivity contribution is 1.38. The number of aromatic nitrogens is 1. The summed E-state index contributed by atoms with van der Waals surface area (Å²) >= 11 is 2.33. The third kappa shape index (κ3) is 1.19. The molecule has 0 aliphatic carbocycles. The van der Waals surface area contributed by atoms with Gasteiger partial charge in [-0.1, -0.05) is 22.6 Å². The molecule has 1 aromatic rings. The third-order valence-electron chi connectivity index (χ3n) is 0.817. The van der Waals surface area contributed by atoms with Gasteiger partial charge in [0.2, 0.25) is 0 Å². The standard InChI is InChI=1S/C5H6IN/c6-3-5-1-2-7-4-5/h1-2,4,7H,3H2. The van der Waals surface area contributed by atoms with Crippen molar-refractivity contribution in [3.8, 4) is 0 Å². The van der Waals surface area contributed by atoms with Gasteiger partial charge in [0.15, 0.2) is 0 Å². The molecule has 0 aromatic carbocycles. The van der Waals surface area contributed by atoms with E-state index in [1.807, 2.05) is 12.4 Å². The van der Waals surface area contributed by atoms with Gasteiger partial charge >= 0.3 is 0 Å². The summed E-state index contributed by atoms with van der Waals surface area (Å²) < 4.78 is 1.10. The SMILES string of the molecule is ICc1cc[nH]c1. The lowest BCUT2D eigenvalue weighted by Gasteiger charge is -1.77. The van der Waals surface area contributed by atoms with E-state index < -0.39 is 0 Å². The quantitative estimate of drug-likeness (QED) is 0.535. The summed E-state index contributed by atoms with van der Waals surface area (Å²) in [5.74, 6) is 0. The molecule has 0 spiro atoms. The van der Waals surface area contributed by atoms with Crippen LogP contribution in [0.3, 0.4) is 0 Å². The van der Waals surface area contributed by atoms with Crippen molar-refractivity contribution in [3.05, 3.63) is 24.0 Å². The maximum absolute atomic E-state index is 2.98. The van der Waals surface area contributed by atoms with E-state index >= 15 is 0 Å². The van der Waals surface area contributed by atoms with E-state index in [1.165, 1.54) is 5.56 Å². The van der Waals surface area contributed by atoms with Crippen molar-refractivity contribution in [1.82, 2.24) is 4.98 Å². The number of aromatic amines is 1. The first-order valence-electron chi connectivity index (χ1n) is 2.11. The molecule has 2 heteroatoms. The lowest BCUT2D eigenvalue weighted by atomic mass is 10.4. The maximum atomic E-state index is 2.98. The second-order valence-electron chi connectivity index (χ2n) is 1.35. The van der Waals surface area contributed by atoms with Crippen LogP contribution in [-0.4, -0.2) is 4.98 Å². The van der Waals surface area contributed by atoms with Crippen LogP contribution in [0.1, 0.15) is 5.56 Å². The van der Waals surface area contributed by atoms with Crippen molar-refractivity contribution in [2.75, 3.05) is 0 Å². The number of rotatable bonds is 1. The first kappa shape index (κ1) is 5.15. The van der Waals surface area contributed by atoms with Gasteiger partial charge in [0.05, 0.1) is 0 Å². The average molecular weight is 207 g/mol. The first-order chi connectivity index (χ1) is 3.43. The molecule has 7 heavy (non-hydrogen) atoms. The third-order valence-corrected chi connectivity index (χ3v) is 1.70. The molecule has 0 aliphatic rings. The Hall–Kier alpha value is 0.01000. The van der Waals surface area contributed by atoms with Crippen molar-refractivity contribution in [2.45, 2.75) is 4.43 Å². The Morgan fingerprint density at radius 1 is 1.71 bits per heavy atom. The molecule has 1 aromatic heterocycles. The summed E-state index contributed by atoms with van der Waals surface area (Å²) in [6.45, 7) is 0. The molecular formula is C5H6IN. The molecule has 38 valence electrons. The van der Waals surface area contributed by atoms with Crippen LogP contribution in [0.2, 0.25) is 0 Å². The molecule has 0 atom stereocenters. The summed E-state index contributed by atoms with van der Waals surface area (Å²) in [6.07, 6.45) is 3.94. The summed E-state index contributed by atoms with van der Waals surface area (Å²) in [6, 6.07) is 2.08. The Morgan fingerprint density at radius 3 is 2.86 bits per heavy atom. The van der Waals surface area contributed by atoms with Crippen LogP contribution >= 0.6 is 22.6 Å². The highest BCUT2D eigenvalue weighted by molar-refractivity contribution is 14.1. The van der Waals surface area contributed by atoms with Gasteiger partial charge in [0.1, 0.15) is 0 Å². The molecule has 0 saturated carbocycles. The van der Waals surface area contributed by atoms with Crippen LogP contribution in [0.5, 0.6) is 0 Å². The molecular weight excluding hydrogens is 201 g/mol. The average Bonchev–Trinajstić information content (AvgIpc) is 2.14. The van der Waals surface area contributed by atoms with Crippen molar-refractivity contribution in [2.24, 2.45) is 0 Å². The lowest BCUT2D eigenvalue weighted by Crippen LogP contribution is -1.62. The Balaban J connectivity index is 2.76. The highest BCUT2D eigenvalue weighted by Crippen LogP contribution is 2.01. The molecule has 0 bridgehead atoms. The Morgan fingerprint density at radius 2 is 2.57 bits per heavy atom. The van der Waals surface area contributed by atoms with Crippen molar-refractivity contribution in [3.63, 3.8) is 0 Å². The zero-order chi connectivity index (χ0) is 5.11. The zero-order valence-electron chi connectivity index (χ0n) is 3.82. The molecule has 1 N–H and O–H groups in total. The normalized spacial score (nSPS) is 9.29. The molecule has 1 heterocycles. The minimum atomic E-state index is 1.10. The van der Waals surface area contributed by atoms with Gasteiger partial charge in [-0.05, 0) is 11.6 Å². The molecule has 1 rings (SSSR count). The Labute approximate surface area is 56.3 Å². The number of hydrogen-bond donors (Lipinski definition) is 1. The fraction of sp³-hybridized carbons (Fsp3) is 0.200. The zero-order valence-corrected chi connectivity index (χ0v) is 5.97. The van der Waals surface area contributed by atoms with Gasteiger partial charge < -0.3 is 4.98 Å². The number of nitrogens with one attached hydrogen (secondary N) is 1. The Kier molecular flexibility index (Phi) is 1.73. The van der Waals surface area contributed by atoms with Crippen LogP contribution in [0.25, 0.3) is 0 Å². The van der Waals surface area contributed by atoms with Gasteiger partial charge in [-0.2, -0.15) is 0 Å². The number of hydrogen-bond acceptors (Lipinski definition) is 0. The van der Waals surface area contributed by atoms with E-state index in [2.05, 4.69) is 33.6 Å². The van der Waals surface area contributed by atoms with Crippen LogP contribution in [0, 0.1) is 0 Å². The van der Waals surface area contributed by atoms with Gasteiger partial charge in [-0.3, -0.25) is 0 Å².